The summed E-state index contributed by atoms with van der Waals surface area (Å²) in [5, 5.41) is 2.94. The van der Waals surface area contributed by atoms with Crippen LogP contribution in [0, 0.1) is 0 Å². The summed E-state index contributed by atoms with van der Waals surface area (Å²) < 4.78 is 28.7. The predicted molar refractivity (Wildman–Crippen MR) is 156 cm³/mol. The van der Waals surface area contributed by atoms with E-state index in [0.29, 0.717) is 12.1 Å². The second-order valence-electron chi connectivity index (χ2n) is 10.6. The predicted octanol–water partition coefficient (Wildman–Crippen LogP) is 4.82. The smallest absolute Gasteiger partial charge is 0.264 e. The number of hydrogen-bond acceptors (Lipinski definition) is 4. The summed E-state index contributed by atoms with van der Waals surface area (Å²) in [6, 6.07) is 24.1. The van der Waals surface area contributed by atoms with Crippen LogP contribution in [0.2, 0.25) is 0 Å². The van der Waals surface area contributed by atoms with Gasteiger partial charge in [-0.05, 0) is 75.9 Å². The highest BCUT2D eigenvalue weighted by molar-refractivity contribution is 7.92. The second kappa shape index (κ2) is 12.9. The molecule has 8 heteroatoms. The van der Waals surface area contributed by atoms with Crippen LogP contribution in [-0.4, -0.2) is 49.8 Å². The molecule has 0 radical (unpaired) electrons. The molecule has 1 atom stereocenters. The van der Waals surface area contributed by atoms with E-state index in [4.69, 9.17) is 0 Å². The molecule has 0 heterocycles. The Balaban J connectivity index is 1.97. The summed E-state index contributed by atoms with van der Waals surface area (Å²) in [5.74, 6) is -0.754. The molecule has 39 heavy (non-hydrogen) atoms. The van der Waals surface area contributed by atoms with E-state index in [1.54, 1.807) is 37.3 Å². The molecule has 1 N–H and O–H groups in total. The molecule has 0 aliphatic rings. The van der Waals surface area contributed by atoms with Crippen LogP contribution in [0.3, 0.4) is 0 Å². The number of carbonyl (C=O) groups is 2. The molecule has 0 bridgehead atoms. The lowest BCUT2D eigenvalue weighted by Crippen LogP contribution is -2.55. The Morgan fingerprint density at radius 3 is 1.95 bits per heavy atom. The molecule has 0 saturated carbocycles. The third-order valence-electron chi connectivity index (χ3n) is 6.39. The molecule has 0 fully saturated rings. The lowest BCUT2D eigenvalue weighted by atomic mass is 10.1. The van der Waals surface area contributed by atoms with Gasteiger partial charge in [0.2, 0.25) is 11.8 Å². The van der Waals surface area contributed by atoms with Crippen molar-refractivity contribution in [3.8, 4) is 0 Å². The number of aryl methyl sites for hydroxylation is 1. The van der Waals surface area contributed by atoms with E-state index in [1.165, 1.54) is 17.0 Å². The molecule has 0 saturated heterocycles. The van der Waals surface area contributed by atoms with Gasteiger partial charge in [0, 0.05) is 12.1 Å². The first-order chi connectivity index (χ1) is 18.4. The van der Waals surface area contributed by atoms with Crippen LogP contribution in [0.15, 0.2) is 89.8 Å². The first-order valence-electron chi connectivity index (χ1n) is 13.2. The van der Waals surface area contributed by atoms with Crippen molar-refractivity contribution in [3.05, 3.63) is 96.1 Å². The van der Waals surface area contributed by atoms with Crippen LogP contribution in [0.5, 0.6) is 0 Å². The number of carbonyl (C=O) groups excluding carboxylic acids is 2. The lowest BCUT2D eigenvalue weighted by Gasteiger charge is -2.33. The normalized spacial score (nSPS) is 12.4. The second-order valence-corrected chi connectivity index (χ2v) is 12.4. The van der Waals surface area contributed by atoms with Gasteiger partial charge in [-0.1, -0.05) is 67.6 Å². The van der Waals surface area contributed by atoms with E-state index in [9.17, 15) is 18.0 Å². The van der Waals surface area contributed by atoms with E-state index in [1.807, 2.05) is 70.2 Å². The maximum Gasteiger partial charge on any atom is 0.264 e. The molecule has 0 unspecified atom stereocenters. The van der Waals surface area contributed by atoms with Crippen LogP contribution < -0.4 is 9.62 Å². The minimum absolute atomic E-state index is 0.0896. The maximum atomic E-state index is 13.9. The molecule has 3 aromatic rings. The average Bonchev–Trinajstić information content (AvgIpc) is 2.92. The number of nitrogens with zero attached hydrogens (tertiary/aromatic N) is 2. The standard InChI is InChI=1S/C31H39N3O4S/c1-6-25-17-19-27(20-18-25)34(39(37,38)28-15-11-8-12-16-28)23-29(35)33(22-21-26-13-9-7-10-14-26)24(2)30(36)32-31(3,4)5/h7-20,24H,6,21-23H2,1-5H3,(H,32,36)/t24-/m1/s1. The first kappa shape index (κ1) is 29.9. The zero-order valence-electron chi connectivity index (χ0n) is 23.4. The number of amides is 2. The van der Waals surface area contributed by atoms with Gasteiger partial charge < -0.3 is 10.2 Å². The largest absolute Gasteiger partial charge is 0.350 e. The highest BCUT2D eigenvalue weighted by Gasteiger charge is 2.33. The van der Waals surface area contributed by atoms with Crippen molar-refractivity contribution in [2.75, 3.05) is 17.4 Å². The monoisotopic (exact) mass is 549 g/mol. The Kier molecular flexibility index (Phi) is 9.92. The molecule has 0 aliphatic carbocycles. The molecular formula is C31H39N3O4S. The molecular weight excluding hydrogens is 510 g/mol. The van der Waals surface area contributed by atoms with Gasteiger partial charge in [-0.15, -0.1) is 0 Å². The van der Waals surface area contributed by atoms with Crippen molar-refractivity contribution in [1.29, 1.82) is 0 Å². The topological polar surface area (TPSA) is 86.8 Å². The fourth-order valence-corrected chi connectivity index (χ4v) is 5.63. The van der Waals surface area contributed by atoms with Gasteiger partial charge in [-0.2, -0.15) is 0 Å². The third kappa shape index (κ3) is 8.17. The Bertz CT molecular complexity index is 1340. The lowest BCUT2D eigenvalue weighted by molar-refractivity contribution is -0.139. The number of hydrogen-bond donors (Lipinski definition) is 1. The number of sulfonamides is 1. The van der Waals surface area contributed by atoms with Crippen LogP contribution >= 0.6 is 0 Å². The van der Waals surface area contributed by atoms with E-state index < -0.39 is 34.1 Å². The Labute approximate surface area is 232 Å². The van der Waals surface area contributed by atoms with E-state index >= 15 is 0 Å². The van der Waals surface area contributed by atoms with Crippen LogP contribution in [0.1, 0.15) is 45.7 Å². The summed E-state index contributed by atoms with van der Waals surface area (Å²) in [4.78, 5) is 28.6. The van der Waals surface area contributed by atoms with E-state index in [2.05, 4.69) is 5.32 Å². The van der Waals surface area contributed by atoms with Crippen LogP contribution in [0.4, 0.5) is 5.69 Å². The van der Waals surface area contributed by atoms with E-state index in [0.717, 1.165) is 21.9 Å². The molecule has 0 aliphatic heterocycles. The highest BCUT2D eigenvalue weighted by atomic mass is 32.2. The molecule has 0 spiro atoms. The molecule has 7 nitrogen and oxygen atoms in total. The summed E-state index contributed by atoms with van der Waals surface area (Å²) in [7, 11) is -4.06. The van der Waals surface area contributed by atoms with Gasteiger partial charge in [0.15, 0.2) is 0 Å². The average molecular weight is 550 g/mol. The first-order valence-corrected chi connectivity index (χ1v) is 14.7. The van der Waals surface area contributed by atoms with Crippen molar-refractivity contribution in [3.63, 3.8) is 0 Å². The van der Waals surface area contributed by atoms with Gasteiger partial charge in [0.25, 0.3) is 10.0 Å². The van der Waals surface area contributed by atoms with Crippen molar-refractivity contribution in [2.24, 2.45) is 0 Å². The Morgan fingerprint density at radius 1 is 0.846 bits per heavy atom. The minimum Gasteiger partial charge on any atom is -0.350 e. The van der Waals surface area contributed by atoms with Gasteiger partial charge in [0.1, 0.15) is 12.6 Å². The summed E-state index contributed by atoms with van der Waals surface area (Å²) in [6.45, 7) is 9.15. The van der Waals surface area contributed by atoms with Crippen molar-refractivity contribution in [2.45, 2.75) is 63.9 Å². The molecule has 3 aromatic carbocycles. The minimum atomic E-state index is -4.06. The third-order valence-corrected chi connectivity index (χ3v) is 8.18. The number of rotatable bonds is 11. The van der Waals surface area contributed by atoms with Crippen molar-refractivity contribution < 1.29 is 18.0 Å². The number of anilines is 1. The quantitative estimate of drug-likeness (QED) is 0.372. The number of nitrogens with one attached hydrogen (secondary N) is 1. The Morgan fingerprint density at radius 2 is 1.41 bits per heavy atom. The van der Waals surface area contributed by atoms with Crippen molar-refractivity contribution in [1.82, 2.24) is 10.2 Å². The van der Waals surface area contributed by atoms with E-state index in [-0.39, 0.29) is 17.3 Å². The van der Waals surface area contributed by atoms with Gasteiger partial charge in [-0.3, -0.25) is 13.9 Å². The van der Waals surface area contributed by atoms with Gasteiger partial charge in [0.05, 0.1) is 10.6 Å². The fraction of sp³-hybridized carbons (Fsp3) is 0.355. The summed E-state index contributed by atoms with van der Waals surface area (Å²) in [5.41, 5.74) is 1.98. The highest BCUT2D eigenvalue weighted by Crippen LogP contribution is 2.25. The molecule has 3 rings (SSSR count). The fourth-order valence-electron chi connectivity index (χ4n) is 4.19. The molecule has 2 amide bonds. The Hall–Kier alpha value is -3.65. The zero-order chi connectivity index (χ0) is 28.6. The summed E-state index contributed by atoms with van der Waals surface area (Å²) >= 11 is 0. The maximum absolute atomic E-state index is 13.9. The molecule has 0 aromatic heterocycles. The van der Waals surface area contributed by atoms with Crippen LogP contribution in [-0.2, 0) is 32.5 Å². The van der Waals surface area contributed by atoms with Crippen molar-refractivity contribution >= 4 is 27.5 Å². The zero-order valence-corrected chi connectivity index (χ0v) is 24.2. The molecule has 208 valence electrons. The van der Waals surface area contributed by atoms with Gasteiger partial charge >= 0.3 is 0 Å². The SMILES string of the molecule is CCc1ccc(N(CC(=O)N(CCc2ccccc2)[C@H](C)C(=O)NC(C)(C)C)S(=O)(=O)c2ccccc2)cc1. The van der Waals surface area contributed by atoms with Gasteiger partial charge in [-0.25, -0.2) is 8.42 Å². The van der Waals surface area contributed by atoms with Crippen LogP contribution in [0.25, 0.3) is 0 Å². The summed E-state index contributed by atoms with van der Waals surface area (Å²) in [6.07, 6.45) is 1.33. The number of benzene rings is 3.